The first kappa shape index (κ1) is 13.9. The van der Waals surface area contributed by atoms with E-state index in [2.05, 4.69) is 5.32 Å². The molecule has 108 valence electrons. The summed E-state index contributed by atoms with van der Waals surface area (Å²) in [6.45, 7) is 1.23. The van der Waals surface area contributed by atoms with Crippen molar-refractivity contribution in [2.45, 2.75) is 6.42 Å². The van der Waals surface area contributed by atoms with Gasteiger partial charge in [0.15, 0.2) is 0 Å². The summed E-state index contributed by atoms with van der Waals surface area (Å²) in [5, 5.41) is 5.14. The van der Waals surface area contributed by atoms with Crippen LogP contribution >= 0.6 is 11.8 Å². The predicted molar refractivity (Wildman–Crippen MR) is 86.6 cm³/mol. The molecular formula is C16H16N2O2S. The van der Waals surface area contributed by atoms with Crippen LogP contribution in [0.2, 0.25) is 0 Å². The van der Waals surface area contributed by atoms with Crippen LogP contribution in [0, 0.1) is 0 Å². The summed E-state index contributed by atoms with van der Waals surface area (Å²) in [4.78, 5) is 25.3. The number of fused-ring (bicyclic) bond motifs is 1. The van der Waals surface area contributed by atoms with Gasteiger partial charge in [0.25, 0.3) is 5.24 Å². The first-order chi connectivity index (χ1) is 10.2. The summed E-state index contributed by atoms with van der Waals surface area (Å²) in [5.41, 5.74) is 0.820. The molecule has 2 amide bonds. The van der Waals surface area contributed by atoms with Crippen molar-refractivity contribution in [3.05, 3.63) is 42.5 Å². The Morgan fingerprint density at radius 2 is 2.00 bits per heavy atom. The van der Waals surface area contributed by atoms with E-state index in [4.69, 9.17) is 0 Å². The van der Waals surface area contributed by atoms with Gasteiger partial charge < -0.3 is 10.2 Å². The molecule has 0 unspecified atom stereocenters. The quantitative estimate of drug-likeness (QED) is 0.942. The van der Waals surface area contributed by atoms with Gasteiger partial charge in [0, 0.05) is 36.3 Å². The van der Waals surface area contributed by atoms with Crippen LogP contribution in [0.4, 0.5) is 10.5 Å². The van der Waals surface area contributed by atoms with Crippen LogP contribution in [-0.4, -0.2) is 34.9 Å². The van der Waals surface area contributed by atoms with Gasteiger partial charge in [0.1, 0.15) is 0 Å². The van der Waals surface area contributed by atoms with E-state index in [0.29, 0.717) is 13.0 Å². The van der Waals surface area contributed by atoms with Crippen LogP contribution in [0.25, 0.3) is 10.8 Å². The SMILES string of the molecule is O=C(CCN1CCSC1=O)Nc1cccc2ccccc12. The maximum absolute atomic E-state index is 12.1. The number of benzene rings is 2. The summed E-state index contributed by atoms with van der Waals surface area (Å²) < 4.78 is 0. The maximum atomic E-state index is 12.1. The van der Waals surface area contributed by atoms with E-state index in [1.54, 1.807) is 4.90 Å². The fourth-order valence-electron chi connectivity index (χ4n) is 2.41. The van der Waals surface area contributed by atoms with Gasteiger partial charge >= 0.3 is 0 Å². The van der Waals surface area contributed by atoms with Crippen LogP contribution in [-0.2, 0) is 4.79 Å². The first-order valence-corrected chi connectivity index (χ1v) is 7.92. The number of nitrogens with one attached hydrogen (secondary N) is 1. The Morgan fingerprint density at radius 3 is 2.81 bits per heavy atom. The number of rotatable bonds is 4. The zero-order chi connectivity index (χ0) is 14.7. The van der Waals surface area contributed by atoms with E-state index < -0.39 is 0 Å². The Labute approximate surface area is 127 Å². The van der Waals surface area contributed by atoms with Crippen molar-refractivity contribution < 1.29 is 9.59 Å². The molecule has 2 aromatic carbocycles. The van der Waals surface area contributed by atoms with Crippen molar-refractivity contribution in [2.24, 2.45) is 0 Å². The molecule has 0 bridgehead atoms. The highest BCUT2D eigenvalue weighted by molar-refractivity contribution is 8.13. The summed E-state index contributed by atoms with van der Waals surface area (Å²) in [5.74, 6) is 0.764. The van der Waals surface area contributed by atoms with E-state index in [0.717, 1.165) is 28.8 Å². The Balaban J connectivity index is 1.65. The Morgan fingerprint density at radius 1 is 1.19 bits per heavy atom. The number of thioether (sulfide) groups is 1. The molecule has 2 aromatic rings. The highest BCUT2D eigenvalue weighted by atomic mass is 32.2. The van der Waals surface area contributed by atoms with E-state index in [1.165, 1.54) is 11.8 Å². The molecule has 1 saturated heterocycles. The van der Waals surface area contributed by atoms with E-state index in [1.807, 2.05) is 42.5 Å². The average Bonchev–Trinajstić information content (AvgIpc) is 2.91. The van der Waals surface area contributed by atoms with Crippen molar-refractivity contribution in [3.8, 4) is 0 Å². The zero-order valence-corrected chi connectivity index (χ0v) is 12.4. The summed E-state index contributed by atoms with van der Waals surface area (Å²) in [6, 6.07) is 13.8. The molecule has 0 spiro atoms. The van der Waals surface area contributed by atoms with E-state index >= 15 is 0 Å². The molecule has 21 heavy (non-hydrogen) atoms. The summed E-state index contributed by atoms with van der Waals surface area (Å²) >= 11 is 1.32. The predicted octanol–water partition coefficient (Wildman–Crippen LogP) is 3.34. The number of carbonyl (C=O) groups is 2. The Bertz CT molecular complexity index is 682. The van der Waals surface area contributed by atoms with E-state index in [9.17, 15) is 9.59 Å². The van der Waals surface area contributed by atoms with Gasteiger partial charge in [-0.25, -0.2) is 0 Å². The minimum atomic E-state index is -0.0592. The van der Waals surface area contributed by atoms with Crippen molar-refractivity contribution in [3.63, 3.8) is 0 Å². The van der Waals surface area contributed by atoms with Crippen LogP contribution < -0.4 is 5.32 Å². The molecule has 0 radical (unpaired) electrons. The number of anilines is 1. The number of carbonyl (C=O) groups excluding carboxylic acids is 2. The molecule has 0 aliphatic carbocycles. The topological polar surface area (TPSA) is 49.4 Å². The molecule has 1 N–H and O–H groups in total. The third kappa shape index (κ3) is 3.19. The highest BCUT2D eigenvalue weighted by Gasteiger charge is 2.21. The monoisotopic (exact) mass is 300 g/mol. The molecule has 0 aromatic heterocycles. The van der Waals surface area contributed by atoms with Crippen molar-refractivity contribution in [1.82, 2.24) is 4.90 Å². The van der Waals surface area contributed by atoms with Crippen molar-refractivity contribution >= 4 is 39.4 Å². The largest absolute Gasteiger partial charge is 0.332 e. The number of amides is 2. The number of nitrogens with zero attached hydrogens (tertiary/aromatic N) is 1. The van der Waals surface area contributed by atoms with Gasteiger partial charge in [0.05, 0.1) is 0 Å². The van der Waals surface area contributed by atoms with Gasteiger partial charge in [-0.05, 0) is 11.5 Å². The second-order valence-electron chi connectivity index (χ2n) is 4.93. The number of hydrogen-bond acceptors (Lipinski definition) is 3. The number of hydrogen-bond donors (Lipinski definition) is 1. The third-order valence-electron chi connectivity index (χ3n) is 3.52. The molecule has 5 heteroatoms. The molecule has 1 heterocycles. The lowest BCUT2D eigenvalue weighted by atomic mass is 10.1. The molecule has 1 aliphatic rings. The molecule has 1 fully saturated rings. The Hall–Kier alpha value is -2.01. The minimum Gasteiger partial charge on any atom is -0.332 e. The lowest BCUT2D eigenvalue weighted by molar-refractivity contribution is -0.116. The average molecular weight is 300 g/mol. The Kier molecular flexibility index (Phi) is 4.10. The van der Waals surface area contributed by atoms with E-state index in [-0.39, 0.29) is 11.1 Å². The molecule has 0 atom stereocenters. The van der Waals surface area contributed by atoms with Crippen molar-refractivity contribution in [2.75, 3.05) is 24.2 Å². The lowest BCUT2D eigenvalue weighted by Gasteiger charge is -2.14. The van der Waals surface area contributed by atoms with Crippen LogP contribution in [0.3, 0.4) is 0 Å². The normalized spacial score (nSPS) is 14.7. The van der Waals surface area contributed by atoms with Crippen LogP contribution in [0.1, 0.15) is 6.42 Å². The van der Waals surface area contributed by atoms with Gasteiger partial charge in [-0.15, -0.1) is 0 Å². The fourth-order valence-corrected chi connectivity index (χ4v) is 3.26. The van der Waals surface area contributed by atoms with Crippen molar-refractivity contribution in [1.29, 1.82) is 0 Å². The summed E-state index contributed by atoms with van der Waals surface area (Å²) in [6.07, 6.45) is 0.329. The van der Waals surface area contributed by atoms with Crippen LogP contribution in [0.5, 0.6) is 0 Å². The van der Waals surface area contributed by atoms with Gasteiger partial charge in [0.2, 0.25) is 5.91 Å². The second-order valence-corrected chi connectivity index (χ2v) is 5.97. The second kappa shape index (κ2) is 6.18. The molecule has 4 nitrogen and oxygen atoms in total. The smallest absolute Gasteiger partial charge is 0.281 e. The van der Waals surface area contributed by atoms with Crippen LogP contribution in [0.15, 0.2) is 42.5 Å². The molecular weight excluding hydrogens is 284 g/mol. The first-order valence-electron chi connectivity index (χ1n) is 6.93. The maximum Gasteiger partial charge on any atom is 0.281 e. The minimum absolute atomic E-state index is 0.0592. The highest BCUT2D eigenvalue weighted by Crippen LogP contribution is 2.23. The lowest BCUT2D eigenvalue weighted by Crippen LogP contribution is -2.27. The zero-order valence-electron chi connectivity index (χ0n) is 11.5. The third-order valence-corrected chi connectivity index (χ3v) is 4.41. The van der Waals surface area contributed by atoms with Gasteiger partial charge in [-0.1, -0.05) is 48.2 Å². The van der Waals surface area contributed by atoms with Gasteiger partial charge in [-0.2, -0.15) is 0 Å². The van der Waals surface area contributed by atoms with Gasteiger partial charge in [-0.3, -0.25) is 9.59 Å². The molecule has 3 rings (SSSR count). The fraction of sp³-hybridized carbons (Fsp3) is 0.250. The molecule has 1 aliphatic heterocycles. The molecule has 0 saturated carbocycles. The summed E-state index contributed by atoms with van der Waals surface area (Å²) in [7, 11) is 0. The standard InChI is InChI=1S/C16H16N2O2S/c19-15(8-9-18-10-11-21-16(18)20)17-14-7-3-5-12-4-1-2-6-13(12)14/h1-7H,8-11H2,(H,17,19).